The van der Waals surface area contributed by atoms with Crippen LogP contribution in [0, 0.1) is 11.3 Å². The van der Waals surface area contributed by atoms with E-state index in [0.29, 0.717) is 17.7 Å². The summed E-state index contributed by atoms with van der Waals surface area (Å²) in [5.41, 5.74) is -0.531. The Bertz CT molecular complexity index is 478. The zero-order valence-corrected chi connectivity index (χ0v) is 11.1. The van der Waals surface area contributed by atoms with Gasteiger partial charge in [-0.05, 0) is 25.5 Å². The number of nitriles is 1. The first-order valence-electron chi connectivity index (χ1n) is 6.09. The number of nitrogens with zero attached hydrogens (tertiary/aromatic N) is 1. The Labute approximate surface area is 112 Å². The van der Waals surface area contributed by atoms with Crippen molar-refractivity contribution >= 4 is 5.91 Å². The van der Waals surface area contributed by atoms with E-state index in [2.05, 4.69) is 5.32 Å². The SMILES string of the molecule is CCC(C)(O)CNC(=O)COc1ccccc1C#N. The van der Waals surface area contributed by atoms with Crippen LogP contribution in [0.4, 0.5) is 0 Å². The first-order chi connectivity index (χ1) is 8.98. The van der Waals surface area contributed by atoms with E-state index in [-0.39, 0.29) is 19.1 Å². The summed E-state index contributed by atoms with van der Waals surface area (Å²) >= 11 is 0. The highest BCUT2D eigenvalue weighted by molar-refractivity contribution is 5.77. The van der Waals surface area contributed by atoms with Crippen molar-refractivity contribution in [2.24, 2.45) is 0 Å². The molecule has 0 radical (unpaired) electrons. The molecule has 0 fully saturated rings. The van der Waals surface area contributed by atoms with Gasteiger partial charge in [0.2, 0.25) is 0 Å². The zero-order valence-electron chi connectivity index (χ0n) is 11.1. The molecular weight excluding hydrogens is 244 g/mol. The quantitative estimate of drug-likeness (QED) is 0.807. The van der Waals surface area contributed by atoms with Gasteiger partial charge in [-0.25, -0.2) is 0 Å². The van der Waals surface area contributed by atoms with E-state index >= 15 is 0 Å². The summed E-state index contributed by atoms with van der Waals surface area (Å²) in [5, 5.41) is 21.2. The minimum absolute atomic E-state index is 0.172. The Morgan fingerprint density at radius 3 is 2.84 bits per heavy atom. The second kappa shape index (κ2) is 6.76. The second-order valence-corrected chi connectivity index (χ2v) is 4.52. The van der Waals surface area contributed by atoms with Gasteiger partial charge in [-0.15, -0.1) is 0 Å². The number of hydrogen-bond donors (Lipinski definition) is 2. The maximum absolute atomic E-state index is 11.5. The molecule has 0 aliphatic carbocycles. The number of benzene rings is 1. The minimum Gasteiger partial charge on any atom is -0.482 e. The van der Waals surface area contributed by atoms with Crippen molar-refractivity contribution in [2.45, 2.75) is 25.9 Å². The van der Waals surface area contributed by atoms with E-state index < -0.39 is 5.60 Å². The summed E-state index contributed by atoms with van der Waals surface area (Å²) in [6.07, 6.45) is 0.547. The van der Waals surface area contributed by atoms with Gasteiger partial charge in [0.1, 0.15) is 11.8 Å². The maximum Gasteiger partial charge on any atom is 0.258 e. The third kappa shape index (κ3) is 4.98. The molecule has 0 saturated heterocycles. The maximum atomic E-state index is 11.5. The summed E-state index contributed by atoms with van der Waals surface area (Å²) in [7, 11) is 0. The lowest BCUT2D eigenvalue weighted by Gasteiger charge is -2.21. The topological polar surface area (TPSA) is 82.3 Å². The lowest BCUT2D eigenvalue weighted by molar-refractivity contribution is -0.124. The summed E-state index contributed by atoms with van der Waals surface area (Å²) in [6.45, 7) is 3.48. The Hall–Kier alpha value is -2.06. The van der Waals surface area contributed by atoms with Crippen molar-refractivity contribution < 1.29 is 14.6 Å². The number of carbonyl (C=O) groups excluding carboxylic acids is 1. The van der Waals surface area contributed by atoms with Crippen LogP contribution in [0.5, 0.6) is 5.75 Å². The molecule has 1 amide bonds. The molecule has 2 N–H and O–H groups in total. The molecule has 1 unspecified atom stereocenters. The molecule has 0 aliphatic rings. The summed E-state index contributed by atoms with van der Waals surface area (Å²) in [5.74, 6) is 0.0452. The highest BCUT2D eigenvalue weighted by Gasteiger charge is 2.18. The van der Waals surface area contributed by atoms with Gasteiger partial charge in [-0.2, -0.15) is 5.26 Å². The van der Waals surface area contributed by atoms with Crippen LogP contribution in [-0.2, 0) is 4.79 Å². The van der Waals surface area contributed by atoms with Gasteiger partial charge in [0.25, 0.3) is 5.91 Å². The molecule has 0 heterocycles. The van der Waals surface area contributed by atoms with Gasteiger partial charge in [0.15, 0.2) is 6.61 Å². The van der Waals surface area contributed by atoms with Gasteiger partial charge >= 0.3 is 0 Å². The van der Waals surface area contributed by atoms with Crippen LogP contribution in [0.15, 0.2) is 24.3 Å². The molecule has 0 saturated carbocycles. The average molecular weight is 262 g/mol. The number of rotatable bonds is 6. The van der Waals surface area contributed by atoms with Crippen LogP contribution in [0.25, 0.3) is 0 Å². The van der Waals surface area contributed by atoms with Crippen molar-refractivity contribution in [3.63, 3.8) is 0 Å². The Morgan fingerprint density at radius 2 is 2.21 bits per heavy atom. The predicted molar refractivity (Wildman–Crippen MR) is 70.6 cm³/mol. The standard InChI is InChI=1S/C14H18N2O3/c1-3-14(2,18)10-16-13(17)9-19-12-7-5-4-6-11(12)8-15/h4-7,18H,3,9-10H2,1-2H3,(H,16,17). The second-order valence-electron chi connectivity index (χ2n) is 4.52. The number of amides is 1. The number of aliphatic hydroxyl groups is 1. The number of para-hydroxylation sites is 1. The number of nitrogens with one attached hydrogen (secondary N) is 1. The van der Waals surface area contributed by atoms with E-state index in [1.54, 1.807) is 31.2 Å². The van der Waals surface area contributed by atoms with E-state index in [1.165, 1.54) is 0 Å². The molecule has 0 aliphatic heterocycles. The Kier molecular flexibility index (Phi) is 5.34. The van der Waals surface area contributed by atoms with Crippen molar-refractivity contribution in [3.8, 4) is 11.8 Å². The van der Waals surface area contributed by atoms with Crippen LogP contribution in [-0.4, -0.2) is 29.8 Å². The third-order valence-electron chi connectivity index (χ3n) is 2.79. The minimum atomic E-state index is -0.916. The largest absolute Gasteiger partial charge is 0.482 e. The molecule has 0 spiro atoms. The molecule has 19 heavy (non-hydrogen) atoms. The first kappa shape index (κ1) is 15.0. The van der Waals surface area contributed by atoms with Crippen LogP contribution < -0.4 is 10.1 Å². The van der Waals surface area contributed by atoms with Gasteiger partial charge in [-0.1, -0.05) is 19.1 Å². The normalized spacial score (nSPS) is 13.2. The smallest absolute Gasteiger partial charge is 0.258 e. The predicted octanol–water partition coefficient (Wildman–Crippen LogP) is 1.21. The van der Waals surface area contributed by atoms with Gasteiger partial charge in [0, 0.05) is 6.54 Å². The molecule has 5 heteroatoms. The van der Waals surface area contributed by atoms with E-state index in [1.807, 2.05) is 13.0 Å². The molecule has 5 nitrogen and oxygen atoms in total. The molecule has 1 aromatic carbocycles. The fourth-order valence-electron chi connectivity index (χ4n) is 1.29. The van der Waals surface area contributed by atoms with Gasteiger partial charge in [0.05, 0.1) is 11.2 Å². The third-order valence-corrected chi connectivity index (χ3v) is 2.79. The van der Waals surface area contributed by atoms with E-state index in [9.17, 15) is 9.90 Å². The van der Waals surface area contributed by atoms with Crippen LogP contribution >= 0.6 is 0 Å². The van der Waals surface area contributed by atoms with Gasteiger partial charge < -0.3 is 15.2 Å². The number of hydrogen-bond acceptors (Lipinski definition) is 4. The van der Waals surface area contributed by atoms with Crippen LogP contribution in [0.2, 0.25) is 0 Å². The van der Waals surface area contributed by atoms with Crippen LogP contribution in [0.1, 0.15) is 25.8 Å². The molecule has 1 rings (SSSR count). The van der Waals surface area contributed by atoms with Crippen molar-refractivity contribution in [1.29, 1.82) is 5.26 Å². The summed E-state index contributed by atoms with van der Waals surface area (Å²) in [6, 6.07) is 8.70. The molecule has 0 bridgehead atoms. The van der Waals surface area contributed by atoms with E-state index in [4.69, 9.17) is 10.00 Å². The highest BCUT2D eigenvalue weighted by Crippen LogP contribution is 2.16. The van der Waals surface area contributed by atoms with Crippen molar-refractivity contribution in [3.05, 3.63) is 29.8 Å². The van der Waals surface area contributed by atoms with E-state index in [0.717, 1.165) is 0 Å². The number of carbonyl (C=O) groups is 1. The summed E-state index contributed by atoms with van der Waals surface area (Å²) in [4.78, 5) is 11.5. The van der Waals surface area contributed by atoms with Gasteiger partial charge in [-0.3, -0.25) is 4.79 Å². The first-order valence-corrected chi connectivity index (χ1v) is 6.09. The van der Waals surface area contributed by atoms with Crippen molar-refractivity contribution in [1.82, 2.24) is 5.32 Å². The molecular formula is C14H18N2O3. The molecule has 0 aromatic heterocycles. The Morgan fingerprint density at radius 1 is 1.53 bits per heavy atom. The highest BCUT2D eigenvalue weighted by atomic mass is 16.5. The molecule has 1 aromatic rings. The summed E-state index contributed by atoms with van der Waals surface area (Å²) < 4.78 is 5.27. The molecule has 1 atom stereocenters. The fourth-order valence-corrected chi connectivity index (χ4v) is 1.29. The monoisotopic (exact) mass is 262 g/mol. The van der Waals surface area contributed by atoms with Crippen molar-refractivity contribution in [2.75, 3.05) is 13.2 Å². The fraction of sp³-hybridized carbons (Fsp3) is 0.429. The van der Waals surface area contributed by atoms with Crippen LogP contribution in [0.3, 0.4) is 0 Å². The lowest BCUT2D eigenvalue weighted by atomic mass is 10.0. The Balaban J connectivity index is 2.45. The average Bonchev–Trinajstić information content (AvgIpc) is 2.43. The molecule has 102 valence electrons. The zero-order chi connectivity index (χ0) is 14.3. The number of ether oxygens (including phenoxy) is 1. The lowest BCUT2D eigenvalue weighted by Crippen LogP contribution is -2.41.